The lowest BCUT2D eigenvalue weighted by atomic mass is 9.85. The Morgan fingerprint density at radius 1 is 1.14 bits per heavy atom. The van der Waals surface area contributed by atoms with E-state index in [4.69, 9.17) is 4.74 Å². The van der Waals surface area contributed by atoms with Crippen molar-refractivity contribution in [3.63, 3.8) is 0 Å². The van der Waals surface area contributed by atoms with E-state index in [2.05, 4.69) is 5.32 Å². The van der Waals surface area contributed by atoms with Crippen LogP contribution in [0.5, 0.6) is 0 Å². The molecule has 1 aromatic carbocycles. The summed E-state index contributed by atoms with van der Waals surface area (Å²) >= 11 is 0. The van der Waals surface area contributed by atoms with Crippen molar-refractivity contribution >= 4 is 23.7 Å². The molecule has 0 saturated carbocycles. The number of carbonyl (C=O) groups excluding carboxylic acids is 4. The number of hydrogen-bond donors (Lipinski definition) is 1. The van der Waals surface area contributed by atoms with Crippen molar-refractivity contribution in [2.24, 2.45) is 11.8 Å². The van der Waals surface area contributed by atoms with Gasteiger partial charge >= 0.3 is 5.97 Å². The van der Waals surface area contributed by atoms with Crippen molar-refractivity contribution in [3.05, 3.63) is 47.8 Å². The normalized spacial score (nSPS) is 22.0. The van der Waals surface area contributed by atoms with E-state index in [0.717, 1.165) is 4.90 Å². The highest BCUT2D eigenvalue weighted by Gasteiger charge is 2.47. The molecular formula is C20H21FN2O5. The summed E-state index contributed by atoms with van der Waals surface area (Å²) < 4.78 is 17.9. The smallest absolute Gasteiger partial charge is 0.326 e. The van der Waals surface area contributed by atoms with Crippen LogP contribution in [0.15, 0.2) is 36.4 Å². The first-order valence-corrected chi connectivity index (χ1v) is 9.08. The van der Waals surface area contributed by atoms with Gasteiger partial charge in [-0.05, 0) is 37.5 Å². The quantitative estimate of drug-likeness (QED) is 0.451. The van der Waals surface area contributed by atoms with Crippen LogP contribution in [0.3, 0.4) is 0 Å². The molecule has 3 atom stereocenters. The number of benzene rings is 1. The highest BCUT2D eigenvalue weighted by molar-refractivity contribution is 6.07. The summed E-state index contributed by atoms with van der Waals surface area (Å²) in [6.07, 6.45) is 3.61. The first-order chi connectivity index (χ1) is 13.4. The molecule has 1 heterocycles. The van der Waals surface area contributed by atoms with Gasteiger partial charge in [0, 0.05) is 6.54 Å². The second kappa shape index (κ2) is 8.33. The van der Waals surface area contributed by atoms with E-state index in [9.17, 15) is 23.6 Å². The molecule has 0 unspecified atom stereocenters. The van der Waals surface area contributed by atoms with Crippen LogP contribution in [-0.2, 0) is 30.5 Å². The third-order valence-corrected chi connectivity index (χ3v) is 4.94. The van der Waals surface area contributed by atoms with Crippen LogP contribution in [0.25, 0.3) is 0 Å². The number of carbonyl (C=O) groups is 4. The number of nitrogens with one attached hydrogen (secondary N) is 1. The maximum atomic E-state index is 12.9. The zero-order valence-electron chi connectivity index (χ0n) is 15.4. The first kappa shape index (κ1) is 19.7. The summed E-state index contributed by atoms with van der Waals surface area (Å²) in [5.74, 6) is -3.30. The van der Waals surface area contributed by atoms with Gasteiger partial charge in [0.15, 0.2) is 6.10 Å². The third-order valence-electron chi connectivity index (χ3n) is 4.94. The van der Waals surface area contributed by atoms with E-state index in [0.29, 0.717) is 18.4 Å². The number of hydrogen-bond acceptors (Lipinski definition) is 5. The molecule has 148 valence electrons. The highest BCUT2D eigenvalue weighted by Crippen LogP contribution is 2.34. The molecule has 1 N–H and O–H groups in total. The molecule has 1 aromatic rings. The minimum atomic E-state index is -1.09. The van der Waals surface area contributed by atoms with Gasteiger partial charge in [0.1, 0.15) is 12.4 Å². The number of allylic oxidation sites excluding steroid dienone is 2. The number of rotatable bonds is 6. The van der Waals surface area contributed by atoms with Gasteiger partial charge in [-0.25, -0.2) is 4.39 Å². The van der Waals surface area contributed by atoms with Gasteiger partial charge in [-0.15, -0.1) is 0 Å². The standard InChI is InChI=1S/C20H21FN2O5/c1-12(18(25)22-10-13-6-8-14(21)9-7-13)28-17(24)11-23-19(26)15-4-2-3-5-16(15)20(23)27/h2-3,6-9,12,15-16H,4-5,10-11H2,1H3,(H,22,25)/t12-,15-,16+/m0/s1. The summed E-state index contributed by atoms with van der Waals surface area (Å²) in [4.78, 5) is 49.8. The Bertz CT molecular complexity index is 794. The summed E-state index contributed by atoms with van der Waals surface area (Å²) in [6, 6.07) is 5.63. The van der Waals surface area contributed by atoms with Crippen molar-refractivity contribution in [2.75, 3.05) is 6.54 Å². The van der Waals surface area contributed by atoms with Gasteiger partial charge in [0.05, 0.1) is 11.8 Å². The number of amides is 3. The molecule has 1 saturated heterocycles. The Hall–Kier alpha value is -3.03. The molecule has 1 aliphatic heterocycles. The molecule has 7 nitrogen and oxygen atoms in total. The largest absolute Gasteiger partial charge is 0.451 e. The third kappa shape index (κ3) is 4.27. The van der Waals surface area contributed by atoms with Crippen molar-refractivity contribution in [2.45, 2.75) is 32.4 Å². The molecule has 0 radical (unpaired) electrons. The lowest BCUT2D eigenvalue weighted by molar-refractivity contribution is -0.159. The molecule has 8 heteroatoms. The van der Waals surface area contributed by atoms with Crippen molar-refractivity contribution in [3.8, 4) is 0 Å². The van der Waals surface area contributed by atoms with Crippen molar-refractivity contribution in [1.82, 2.24) is 10.2 Å². The average Bonchev–Trinajstić information content (AvgIpc) is 2.92. The minimum absolute atomic E-state index is 0.153. The van der Waals surface area contributed by atoms with Crippen LogP contribution >= 0.6 is 0 Å². The predicted octanol–water partition coefficient (Wildman–Crippen LogP) is 1.32. The monoisotopic (exact) mass is 388 g/mol. The number of ether oxygens (including phenoxy) is 1. The van der Waals surface area contributed by atoms with Crippen molar-refractivity contribution in [1.29, 1.82) is 0 Å². The molecular weight excluding hydrogens is 367 g/mol. The molecule has 28 heavy (non-hydrogen) atoms. The number of imide groups is 1. The van der Waals surface area contributed by atoms with E-state index >= 15 is 0 Å². The van der Waals surface area contributed by atoms with Gasteiger partial charge in [0.2, 0.25) is 11.8 Å². The van der Waals surface area contributed by atoms with Crippen LogP contribution in [0, 0.1) is 17.7 Å². The number of halogens is 1. The van der Waals surface area contributed by atoms with E-state index in [1.165, 1.54) is 31.2 Å². The van der Waals surface area contributed by atoms with Gasteiger partial charge in [-0.2, -0.15) is 0 Å². The van der Waals surface area contributed by atoms with E-state index in [-0.39, 0.29) is 24.2 Å². The number of nitrogens with zero attached hydrogens (tertiary/aromatic N) is 1. The number of likely N-dealkylation sites (tertiary alicyclic amines) is 1. The van der Waals surface area contributed by atoms with Gasteiger partial charge < -0.3 is 10.1 Å². The molecule has 1 fully saturated rings. The molecule has 3 rings (SSSR count). The van der Waals surface area contributed by atoms with E-state index in [1.54, 1.807) is 0 Å². The van der Waals surface area contributed by atoms with Crippen molar-refractivity contribution < 1.29 is 28.3 Å². The Labute approximate surface area is 161 Å². The second-order valence-corrected chi connectivity index (χ2v) is 6.89. The summed E-state index contributed by atoms with van der Waals surface area (Å²) in [6.45, 7) is 1.05. The molecule has 1 aliphatic carbocycles. The second-order valence-electron chi connectivity index (χ2n) is 6.89. The van der Waals surface area contributed by atoms with Crippen LogP contribution in [0.4, 0.5) is 4.39 Å². The fourth-order valence-corrected chi connectivity index (χ4v) is 3.38. The molecule has 0 spiro atoms. The Kier molecular flexibility index (Phi) is 5.87. The summed E-state index contributed by atoms with van der Waals surface area (Å²) in [7, 11) is 0. The van der Waals surface area contributed by atoms with E-state index in [1.807, 2.05) is 12.2 Å². The lowest BCUT2D eigenvalue weighted by Gasteiger charge is -2.17. The van der Waals surface area contributed by atoms with Gasteiger partial charge in [-0.3, -0.25) is 24.1 Å². The van der Waals surface area contributed by atoms with Crippen LogP contribution < -0.4 is 5.32 Å². The Balaban J connectivity index is 1.48. The van der Waals surface area contributed by atoms with Gasteiger partial charge in [-0.1, -0.05) is 24.3 Å². The SMILES string of the molecule is C[C@H](OC(=O)CN1C(=O)[C@H]2CC=CC[C@H]2C1=O)C(=O)NCc1ccc(F)cc1. The maximum absolute atomic E-state index is 12.9. The minimum Gasteiger partial charge on any atom is -0.451 e. The predicted molar refractivity (Wildman–Crippen MR) is 95.9 cm³/mol. The molecule has 0 aromatic heterocycles. The lowest BCUT2D eigenvalue weighted by Crippen LogP contribution is -2.40. The summed E-state index contributed by atoms with van der Waals surface area (Å²) in [5, 5.41) is 2.58. The first-order valence-electron chi connectivity index (χ1n) is 9.08. The maximum Gasteiger partial charge on any atom is 0.326 e. The van der Waals surface area contributed by atoms with Crippen LogP contribution in [0.1, 0.15) is 25.3 Å². The molecule has 3 amide bonds. The number of fused-ring (bicyclic) bond motifs is 1. The topological polar surface area (TPSA) is 92.8 Å². The van der Waals surface area contributed by atoms with Crippen LogP contribution in [-0.4, -0.2) is 41.2 Å². The van der Waals surface area contributed by atoms with E-state index < -0.39 is 36.4 Å². The summed E-state index contributed by atoms with van der Waals surface area (Å²) in [5.41, 5.74) is 0.692. The zero-order chi connectivity index (χ0) is 20.3. The fraction of sp³-hybridized carbons (Fsp3) is 0.400. The molecule has 2 aliphatic rings. The fourth-order valence-electron chi connectivity index (χ4n) is 3.38. The zero-order valence-corrected chi connectivity index (χ0v) is 15.4. The Morgan fingerprint density at radius 3 is 2.29 bits per heavy atom. The van der Waals surface area contributed by atoms with Gasteiger partial charge in [0.25, 0.3) is 5.91 Å². The van der Waals surface area contributed by atoms with Crippen LogP contribution in [0.2, 0.25) is 0 Å². The average molecular weight is 388 g/mol. The number of esters is 1. The Morgan fingerprint density at radius 2 is 1.71 bits per heavy atom. The molecule has 0 bridgehead atoms. The highest BCUT2D eigenvalue weighted by atomic mass is 19.1.